The second-order valence-electron chi connectivity index (χ2n) is 5.97. The first-order valence-electron chi connectivity index (χ1n) is 7.69. The standard InChI is InChI=1S/C17H20N4O2/c1-12-4-3-5-14(8-12)19-17(23)13-6-7-21(11-13)15-9-16(22)20(2)18-10-15/h3-5,8-10,13H,6-7,11H2,1-2H3,(H,19,23). The number of nitrogens with one attached hydrogen (secondary N) is 1. The van der Waals surface area contributed by atoms with Crippen LogP contribution in [0.4, 0.5) is 11.4 Å². The van der Waals surface area contributed by atoms with Gasteiger partial charge in [0.05, 0.1) is 17.8 Å². The zero-order chi connectivity index (χ0) is 16.4. The number of nitrogens with zero attached hydrogens (tertiary/aromatic N) is 3. The van der Waals surface area contributed by atoms with E-state index in [1.54, 1.807) is 19.3 Å². The molecule has 0 saturated carbocycles. The molecule has 0 bridgehead atoms. The normalized spacial score (nSPS) is 17.3. The quantitative estimate of drug-likeness (QED) is 0.934. The smallest absolute Gasteiger partial charge is 0.268 e. The topological polar surface area (TPSA) is 67.2 Å². The molecule has 1 fully saturated rings. The van der Waals surface area contributed by atoms with Crippen molar-refractivity contribution in [3.63, 3.8) is 0 Å². The monoisotopic (exact) mass is 312 g/mol. The fourth-order valence-corrected chi connectivity index (χ4v) is 2.81. The molecule has 23 heavy (non-hydrogen) atoms. The first-order chi connectivity index (χ1) is 11.0. The van der Waals surface area contributed by atoms with Gasteiger partial charge < -0.3 is 10.2 Å². The highest BCUT2D eigenvalue weighted by Crippen LogP contribution is 2.23. The van der Waals surface area contributed by atoms with E-state index in [4.69, 9.17) is 0 Å². The molecule has 2 aromatic rings. The summed E-state index contributed by atoms with van der Waals surface area (Å²) in [6, 6.07) is 9.33. The Morgan fingerprint density at radius 2 is 2.17 bits per heavy atom. The van der Waals surface area contributed by atoms with Crippen LogP contribution >= 0.6 is 0 Å². The van der Waals surface area contributed by atoms with Crippen LogP contribution in [0.15, 0.2) is 41.3 Å². The van der Waals surface area contributed by atoms with E-state index in [0.717, 1.165) is 29.9 Å². The van der Waals surface area contributed by atoms with Crippen LogP contribution in [0.3, 0.4) is 0 Å². The number of carbonyl (C=O) groups is 1. The molecule has 0 radical (unpaired) electrons. The van der Waals surface area contributed by atoms with E-state index in [1.165, 1.54) is 4.68 Å². The number of aryl methyl sites for hydroxylation is 2. The summed E-state index contributed by atoms with van der Waals surface area (Å²) in [6.07, 6.45) is 2.44. The van der Waals surface area contributed by atoms with Crippen LogP contribution in [-0.4, -0.2) is 28.8 Å². The fraction of sp³-hybridized carbons (Fsp3) is 0.353. The molecule has 1 saturated heterocycles. The van der Waals surface area contributed by atoms with Crippen LogP contribution in [-0.2, 0) is 11.8 Å². The molecule has 0 spiro atoms. The van der Waals surface area contributed by atoms with Crippen molar-refractivity contribution in [2.75, 3.05) is 23.3 Å². The summed E-state index contributed by atoms with van der Waals surface area (Å²) in [6.45, 7) is 3.35. The summed E-state index contributed by atoms with van der Waals surface area (Å²) < 4.78 is 1.29. The van der Waals surface area contributed by atoms with Gasteiger partial charge in [0.25, 0.3) is 5.56 Å². The molecule has 6 heteroatoms. The molecule has 1 aliphatic heterocycles. The van der Waals surface area contributed by atoms with E-state index in [-0.39, 0.29) is 17.4 Å². The predicted molar refractivity (Wildman–Crippen MR) is 89.6 cm³/mol. The lowest BCUT2D eigenvalue weighted by Crippen LogP contribution is -2.28. The Labute approximate surface area is 134 Å². The molecule has 1 atom stereocenters. The molecule has 3 rings (SSSR count). The van der Waals surface area contributed by atoms with E-state index in [0.29, 0.717) is 6.54 Å². The third-order valence-corrected chi connectivity index (χ3v) is 4.16. The maximum Gasteiger partial charge on any atom is 0.268 e. The van der Waals surface area contributed by atoms with Gasteiger partial charge in [-0.25, -0.2) is 4.68 Å². The second kappa shape index (κ2) is 6.24. The van der Waals surface area contributed by atoms with Gasteiger partial charge in [-0.3, -0.25) is 9.59 Å². The molecule has 1 aliphatic rings. The average Bonchev–Trinajstić information content (AvgIpc) is 3.00. The Bertz CT molecular complexity index is 784. The number of amides is 1. The summed E-state index contributed by atoms with van der Waals surface area (Å²) in [4.78, 5) is 26.1. The first-order valence-corrected chi connectivity index (χ1v) is 7.69. The van der Waals surface area contributed by atoms with Gasteiger partial charge in [0.2, 0.25) is 5.91 Å². The predicted octanol–water partition coefficient (Wildman–Crippen LogP) is 1.55. The van der Waals surface area contributed by atoms with Crippen molar-refractivity contribution in [2.24, 2.45) is 13.0 Å². The van der Waals surface area contributed by atoms with Gasteiger partial charge >= 0.3 is 0 Å². The van der Waals surface area contributed by atoms with Crippen LogP contribution in [0, 0.1) is 12.8 Å². The van der Waals surface area contributed by atoms with E-state index in [1.807, 2.05) is 36.1 Å². The lowest BCUT2D eigenvalue weighted by Gasteiger charge is -2.18. The summed E-state index contributed by atoms with van der Waals surface area (Å²) in [5, 5.41) is 7.00. The highest BCUT2D eigenvalue weighted by atomic mass is 16.2. The third kappa shape index (κ3) is 3.41. The lowest BCUT2D eigenvalue weighted by atomic mass is 10.1. The van der Waals surface area contributed by atoms with Crippen LogP contribution in [0.2, 0.25) is 0 Å². The number of aromatic nitrogens is 2. The molecule has 1 aromatic carbocycles. The molecule has 2 heterocycles. The van der Waals surface area contributed by atoms with Crippen LogP contribution in [0.25, 0.3) is 0 Å². The average molecular weight is 312 g/mol. The van der Waals surface area contributed by atoms with Gasteiger partial charge in [-0.15, -0.1) is 0 Å². The third-order valence-electron chi connectivity index (χ3n) is 4.16. The van der Waals surface area contributed by atoms with E-state index >= 15 is 0 Å². The number of carbonyl (C=O) groups excluding carboxylic acids is 1. The minimum Gasteiger partial charge on any atom is -0.369 e. The van der Waals surface area contributed by atoms with Crippen molar-refractivity contribution >= 4 is 17.3 Å². The highest BCUT2D eigenvalue weighted by molar-refractivity contribution is 5.93. The maximum absolute atomic E-state index is 12.4. The maximum atomic E-state index is 12.4. The lowest BCUT2D eigenvalue weighted by molar-refractivity contribution is -0.119. The first kappa shape index (κ1) is 15.3. The van der Waals surface area contributed by atoms with Gasteiger partial charge in [0.1, 0.15) is 0 Å². The summed E-state index contributed by atoms with van der Waals surface area (Å²) in [5.41, 5.74) is 2.57. The minimum absolute atomic E-state index is 0.0230. The van der Waals surface area contributed by atoms with Crippen molar-refractivity contribution in [1.29, 1.82) is 0 Å². The second-order valence-corrected chi connectivity index (χ2v) is 5.97. The largest absolute Gasteiger partial charge is 0.369 e. The van der Waals surface area contributed by atoms with Crippen molar-refractivity contribution < 1.29 is 4.79 Å². The van der Waals surface area contributed by atoms with Gasteiger partial charge in [-0.05, 0) is 31.0 Å². The molecule has 1 unspecified atom stereocenters. The number of benzene rings is 1. The van der Waals surface area contributed by atoms with Gasteiger partial charge in [-0.1, -0.05) is 12.1 Å². The zero-order valence-corrected chi connectivity index (χ0v) is 13.3. The van der Waals surface area contributed by atoms with E-state index in [9.17, 15) is 9.59 Å². The molecule has 0 aliphatic carbocycles. The van der Waals surface area contributed by atoms with Crippen molar-refractivity contribution in [2.45, 2.75) is 13.3 Å². The van der Waals surface area contributed by atoms with Crippen LogP contribution in [0.1, 0.15) is 12.0 Å². The zero-order valence-electron chi connectivity index (χ0n) is 13.3. The van der Waals surface area contributed by atoms with E-state index < -0.39 is 0 Å². The number of rotatable bonds is 3. The Balaban J connectivity index is 1.66. The van der Waals surface area contributed by atoms with Crippen LogP contribution < -0.4 is 15.8 Å². The Morgan fingerprint density at radius 3 is 2.91 bits per heavy atom. The molecule has 120 valence electrons. The number of anilines is 2. The Kier molecular flexibility index (Phi) is 4.14. The van der Waals surface area contributed by atoms with Gasteiger partial charge in [-0.2, -0.15) is 5.10 Å². The summed E-state index contributed by atoms with van der Waals surface area (Å²) in [7, 11) is 1.62. The van der Waals surface area contributed by atoms with Crippen molar-refractivity contribution in [3.05, 3.63) is 52.4 Å². The van der Waals surface area contributed by atoms with E-state index in [2.05, 4.69) is 10.4 Å². The molecule has 1 aromatic heterocycles. The Hall–Kier alpha value is -2.63. The molecule has 1 N–H and O–H groups in total. The summed E-state index contributed by atoms with van der Waals surface area (Å²) in [5.74, 6) is -0.0607. The number of hydrogen-bond acceptors (Lipinski definition) is 4. The Morgan fingerprint density at radius 1 is 1.35 bits per heavy atom. The minimum atomic E-state index is -0.143. The molecular formula is C17H20N4O2. The van der Waals surface area contributed by atoms with Crippen molar-refractivity contribution in [3.8, 4) is 0 Å². The van der Waals surface area contributed by atoms with Gasteiger partial charge in [0.15, 0.2) is 0 Å². The molecule has 6 nitrogen and oxygen atoms in total. The highest BCUT2D eigenvalue weighted by Gasteiger charge is 2.28. The number of hydrogen-bond donors (Lipinski definition) is 1. The fourth-order valence-electron chi connectivity index (χ4n) is 2.81. The van der Waals surface area contributed by atoms with Gasteiger partial charge in [0, 0.05) is 31.9 Å². The molecule has 1 amide bonds. The van der Waals surface area contributed by atoms with Crippen LogP contribution in [0.5, 0.6) is 0 Å². The SMILES string of the molecule is Cc1cccc(NC(=O)C2CCN(c3cnn(C)c(=O)c3)C2)c1. The summed E-state index contributed by atoms with van der Waals surface area (Å²) >= 11 is 0. The molecular weight excluding hydrogens is 292 g/mol. The van der Waals surface area contributed by atoms with Crippen molar-refractivity contribution in [1.82, 2.24) is 9.78 Å².